The predicted octanol–water partition coefficient (Wildman–Crippen LogP) is 2.12. The Morgan fingerprint density at radius 1 is 1.39 bits per heavy atom. The van der Waals surface area contributed by atoms with Gasteiger partial charge >= 0.3 is 12.1 Å². The van der Waals surface area contributed by atoms with Gasteiger partial charge in [-0.1, -0.05) is 0 Å². The maximum Gasteiger partial charge on any atom is 0.417 e. The van der Waals surface area contributed by atoms with E-state index in [1.165, 1.54) is 4.98 Å². The molecule has 0 fully saturated rings. The molecule has 1 rings (SSSR count). The number of hydrogen-bond acceptors (Lipinski definition) is 3. The molecule has 100 valence electrons. The first kappa shape index (κ1) is 14.1. The summed E-state index contributed by atoms with van der Waals surface area (Å²) in [4.78, 5) is 23.5. The van der Waals surface area contributed by atoms with Gasteiger partial charge in [0.25, 0.3) is 6.43 Å². The quantitative estimate of drug-likeness (QED) is 0.662. The number of ether oxygens (including phenoxy) is 1. The second-order valence-corrected chi connectivity index (χ2v) is 3.13. The molecule has 0 saturated heterocycles. The molecule has 0 aliphatic rings. The van der Waals surface area contributed by atoms with E-state index >= 15 is 0 Å². The van der Waals surface area contributed by atoms with Crippen LogP contribution in [-0.2, 0) is 10.9 Å². The lowest BCUT2D eigenvalue weighted by molar-refractivity contribution is -0.138. The number of carbonyl (C=O) groups is 1. The topological polar surface area (TPSA) is 59.2 Å². The molecule has 0 bridgehead atoms. The zero-order valence-corrected chi connectivity index (χ0v) is 8.77. The van der Waals surface area contributed by atoms with Crippen molar-refractivity contribution in [3.63, 3.8) is 0 Å². The Kier molecular flexibility index (Phi) is 3.73. The molecule has 1 aromatic rings. The summed E-state index contributed by atoms with van der Waals surface area (Å²) in [5.74, 6) is -1.60. The van der Waals surface area contributed by atoms with Gasteiger partial charge in [-0.15, -0.1) is 0 Å². The van der Waals surface area contributed by atoms with E-state index in [0.717, 1.165) is 7.11 Å². The summed E-state index contributed by atoms with van der Waals surface area (Å²) in [6.45, 7) is 0. The van der Waals surface area contributed by atoms with Crippen molar-refractivity contribution in [1.82, 2.24) is 4.98 Å². The van der Waals surface area contributed by atoms with Crippen LogP contribution in [0.3, 0.4) is 0 Å². The van der Waals surface area contributed by atoms with Crippen LogP contribution < -0.4 is 5.56 Å². The summed E-state index contributed by atoms with van der Waals surface area (Å²) in [6, 6.07) is 0.0259. The van der Waals surface area contributed by atoms with Crippen LogP contribution in [0.2, 0.25) is 0 Å². The number of nitrogens with one attached hydrogen (secondary N) is 1. The van der Waals surface area contributed by atoms with E-state index < -0.39 is 41.0 Å². The Balaban J connectivity index is 3.69. The second-order valence-electron chi connectivity index (χ2n) is 3.13. The van der Waals surface area contributed by atoms with Crippen molar-refractivity contribution in [2.24, 2.45) is 0 Å². The molecule has 1 N–H and O–H groups in total. The van der Waals surface area contributed by atoms with Gasteiger partial charge in [0.15, 0.2) is 0 Å². The van der Waals surface area contributed by atoms with Crippen molar-refractivity contribution in [2.75, 3.05) is 7.11 Å². The minimum Gasteiger partial charge on any atom is -0.465 e. The van der Waals surface area contributed by atoms with Gasteiger partial charge in [-0.3, -0.25) is 4.79 Å². The molecule has 0 radical (unpaired) electrons. The fourth-order valence-corrected chi connectivity index (χ4v) is 1.29. The van der Waals surface area contributed by atoms with Crippen LogP contribution >= 0.6 is 0 Å². The van der Waals surface area contributed by atoms with Crippen molar-refractivity contribution in [3.05, 3.63) is 33.2 Å². The summed E-state index contributed by atoms with van der Waals surface area (Å²) in [7, 11) is 0.739. The van der Waals surface area contributed by atoms with Gasteiger partial charge < -0.3 is 9.72 Å². The van der Waals surface area contributed by atoms with Gasteiger partial charge in [0.05, 0.1) is 23.9 Å². The molecule has 0 spiro atoms. The Labute approximate surface area is 96.4 Å². The molecule has 0 atom stereocenters. The molecule has 0 aliphatic heterocycles. The van der Waals surface area contributed by atoms with Crippen molar-refractivity contribution in [1.29, 1.82) is 0 Å². The molecule has 9 heteroatoms. The van der Waals surface area contributed by atoms with E-state index in [4.69, 9.17) is 0 Å². The Morgan fingerprint density at radius 3 is 2.33 bits per heavy atom. The summed E-state index contributed by atoms with van der Waals surface area (Å²) in [5.41, 5.74) is -5.94. The maximum absolute atomic E-state index is 12.6. The van der Waals surface area contributed by atoms with Crippen molar-refractivity contribution >= 4 is 5.97 Å². The number of methoxy groups -OCH3 is 1. The Morgan fingerprint density at radius 2 is 1.94 bits per heavy atom. The van der Waals surface area contributed by atoms with Gasteiger partial charge in [0.2, 0.25) is 5.56 Å². The summed E-state index contributed by atoms with van der Waals surface area (Å²) in [5, 5.41) is 0. The first-order valence-electron chi connectivity index (χ1n) is 4.39. The molecular formula is C9H6F5NO3. The number of halogens is 5. The monoisotopic (exact) mass is 271 g/mol. The van der Waals surface area contributed by atoms with Crippen LogP contribution in [0, 0.1) is 0 Å². The number of H-pyrrole nitrogens is 1. The number of aromatic amines is 1. The standard InChI is InChI=1S/C9H6F5NO3/c1-18-8(17)5-3(9(12,13)14)2-4(16)15-6(5)7(10)11/h2,7H,1H3,(H,15,16). The van der Waals surface area contributed by atoms with Crippen molar-refractivity contribution < 1.29 is 31.5 Å². The average molecular weight is 271 g/mol. The third-order valence-corrected chi connectivity index (χ3v) is 1.99. The maximum atomic E-state index is 12.6. The van der Waals surface area contributed by atoms with E-state index in [1.54, 1.807) is 0 Å². The van der Waals surface area contributed by atoms with Crippen LogP contribution in [0.4, 0.5) is 22.0 Å². The summed E-state index contributed by atoms with van der Waals surface area (Å²) in [6.07, 6.45) is -8.57. The lowest BCUT2D eigenvalue weighted by Crippen LogP contribution is -2.23. The van der Waals surface area contributed by atoms with E-state index in [0.29, 0.717) is 0 Å². The lowest BCUT2D eigenvalue weighted by atomic mass is 10.1. The highest BCUT2D eigenvalue weighted by atomic mass is 19.4. The number of pyridine rings is 1. The van der Waals surface area contributed by atoms with E-state index in [9.17, 15) is 31.5 Å². The number of esters is 1. The van der Waals surface area contributed by atoms with Gasteiger partial charge in [-0.05, 0) is 0 Å². The Bertz CT molecular complexity index is 520. The molecule has 18 heavy (non-hydrogen) atoms. The second kappa shape index (κ2) is 4.75. The van der Waals surface area contributed by atoms with Crippen LogP contribution in [0.1, 0.15) is 28.0 Å². The minimum absolute atomic E-state index is 0.0259. The normalized spacial score (nSPS) is 11.7. The highest BCUT2D eigenvalue weighted by Gasteiger charge is 2.39. The third-order valence-electron chi connectivity index (χ3n) is 1.99. The molecule has 0 aromatic carbocycles. The highest BCUT2D eigenvalue weighted by molar-refractivity contribution is 5.92. The fraction of sp³-hybridized carbons (Fsp3) is 0.333. The fourth-order valence-electron chi connectivity index (χ4n) is 1.29. The van der Waals surface area contributed by atoms with Gasteiger partial charge in [0, 0.05) is 6.07 Å². The first-order chi connectivity index (χ1) is 8.18. The minimum atomic E-state index is -5.12. The van der Waals surface area contributed by atoms with Gasteiger partial charge in [-0.25, -0.2) is 13.6 Å². The largest absolute Gasteiger partial charge is 0.465 e. The smallest absolute Gasteiger partial charge is 0.417 e. The van der Waals surface area contributed by atoms with E-state index in [-0.39, 0.29) is 6.07 Å². The number of carbonyl (C=O) groups excluding carboxylic acids is 1. The van der Waals surface area contributed by atoms with E-state index in [1.807, 2.05) is 0 Å². The first-order valence-corrected chi connectivity index (χ1v) is 4.39. The zero-order chi connectivity index (χ0) is 14.1. The molecule has 0 saturated carbocycles. The zero-order valence-electron chi connectivity index (χ0n) is 8.77. The molecule has 0 unspecified atom stereocenters. The van der Waals surface area contributed by atoms with Gasteiger partial charge in [-0.2, -0.15) is 13.2 Å². The number of alkyl halides is 5. The Hall–Kier alpha value is -1.93. The molecular weight excluding hydrogens is 265 g/mol. The van der Waals surface area contributed by atoms with E-state index in [2.05, 4.69) is 4.74 Å². The van der Waals surface area contributed by atoms with Gasteiger partial charge in [0.1, 0.15) is 0 Å². The third kappa shape index (κ3) is 2.66. The van der Waals surface area contributed by atoms with Crippen LogP contribution in [0.15, 0.2) is 10.9 Å². The summed E-state index contributed by atoms with van der Waals surface area (Å²) >= 11 is 0. The lowest BCUT2D eigenvalue weighted by Gasteiger charge is -2.14. The van der Waals surface area contributed by atoms with Crippen LogP contribution in [0.5, 0.6) is 0 Å². The van der Waals surface area contributed by atoms with Crippen molar-refractivity contribution in [2.45, 2.75) is 12.6 Å². The highest BCUT2D eigenvalue weighted by Crippen LogP contribution is 2.34. The molecule has 1 heterocycles. The molecule has 1 aromatic heterocycles. The summed E-state index contributed by atoms with van der Waals surface area (Å²) < 4.78 is 66.8. The number of hydrogen-bond donors (Lipinski definition) is 1. The number of aromatic nitrogens is 1. The van der Waals surface area contributed by atoms with Crippen LogP contribution in [0.25, 0.3) is 0 Å². The average Bonchev–Trinajstić information content (AvgIpc) is 2.25. The predicted molar refractivity (Wildman–Crippen MR) is 48.4 cm³/mol. The molecule has 0 amide bonds. The molecule has 4 nitrogen and oxygen atoms in total. The van der Waals surface area contributed by atoms with Crippen LogP contribution in [-0.4, -0.2) is 18.1 Å². The number of rotatable bonds is 2. The van der Waals surface area contributed by atoms with Crippen molar-refractivity contribution in [3.8, 4) is 0 Å². The SMILES string of the molecule is COC(=O)c1c(C(F)(F)F)cc(=O)[nH]c1C(F)F. The molecule has 0 aliphatic carbocycles.